The lowest BCUT2D eigenvalue weighted by Crippen LogP contribution is -2.36. The van der Waals surface area contributed by atoms with Crippen LogP contribution in [0.2, 0.25) is 0 Å². The van der Waals surface area contributed by atoms with Crippen molar-refractivity contribution in [2.45, 2.75) is 39.0 Å². The van der Waals surface area contributed by atoms with Crippen molar-refractivity contribution in [2.75, 3.05) is 26.7 Å². The van der Waals surface area contributed by atoms with E-state index in [9.17, 15) is 0 Å². The molecule has 2 rings (SSSR count). The topological polar surface area (TPSA) is 50.5 Å². The number of piperidine rings is 1. The molecule has 1 aromatic rings. The molecule has 102 valence electrons. The number of nitrogens with one attached hydrogen (secondary N) is 1. The summed E-state index contributed by atoms with van der Waals surface area (Å²) in [4.78, 5) is 2.40. The first kappa shape index (κ1) is 13.5. The summed E-state index contributed by atoms with van der Waals surface area (Å²) in [7, 11) is 1.91. The number of ether oxygens (including phenoxy) is 1. The minimum absolute atomic E-state index is 0.445. The molecular weight excluding hydrogens is 230 g/mol. The monoisotopic (exact) mass is 253 g/mol. The van der Waals surface area contributed by atoms with Crippen molar-refractivity contribution in [2.24, 2.45) is 0 Å². The quantitative estimate of drug-likeness (QED) is 0.830. The normalized spacial score (nSPS) is 18.3. The van der Waals surface area contributed by atoms with E-state index in [4.69, 9.17) is 9.26 Å². The lowest BCUT2D eigenvalue weighted by Gasteiger charge is -2.30. The fraction of sp³-hybridized carbons (Fsp3) is 0.769. The van der Waals surface area contributed by atoms with E-state index in [0.29, 0.717) is 6.10 Å². The van der Waals surface area contributed by atoms with Crippen LogP contribution in [0.25, 0.3) is 0 Å². The average molecular weight is 253 g/mol. The van der Waals surface area contributed by atoms with Gasteiger partial charge in [0.2, 0.25) is 0 Å². The number of nitrogens with zero attached hydrogens (tertiary/aromatic N) is 2. The predicted molar refractivity (Wildman–Crippen MR) is 69.2 cm³/mol. The molecule has 1 fully saturated rings. The van der Waals surface area contributed by atoms with Gasteiger partial charge < -0.3 is 14.6 Å². The van der Waals surface area contributed by atoms with Crippen molar-refractivity contribution in [1.29, 1.82) is 0 Å². The largest absolute Gasteiger partial charge is 0.378 e. The van der Waals surface area contributed by atoms with Gasteiger partial charge in [0.1, 0.15) is 0 Å². The second-order valence-electron chi connectivity index (χ2n) is 4.75. The van der Waals surface area contributed by atoms with Crippen molar-refractivity contribution in [3.63, 3.8) is 0 Å². The van der Waals surface area contributed by atoms with Gasteiger partial charge in [-0.15, -0.1) is 0 Å². The van der Waals surface area contributed by atoms with Crippen molar-refractivity contribution in [1.82, 2.24) is 15.4 Å². The molecule has 0 radical (unpaired) electrons. The van der Waals surface area contributed by atoms with E-state index in [1.54, 1.807) is 0 Å². The second kappa shape index (κ2) is 6.87. The van der Waals surface area contributed by atoms with Gasteiger partial charge in [-0.1, -0.05) is 5.16 Å². The summed E-state index contributed by atoms with van der Waals surface area (Å²) in [6, 6.07) is 2.03. The Morgan fingerprint density at radius 3 is 2.94 bits per heavy atom. The summed E-state index contributed by atoms with van der Waals surface area (Å²) >= 11 is 0. The lowest BCUT2D eigenvalue weighted by molar-refractivity contribution is 0.0108. The molecule has 1 N–H and O–H groups in total. The highest BCUT2D eigenvalue weighted by Crippen LogP contribution is 2.16. The zero-order chi connectivity index (χ0) is 12.8. The molecule has 18 heavy (non-hydrogen) atoms. The minimum atomic E-state index is 0.445. The average Bonchev–Trinajstić information content (AvgIpc) is 2.80. The first-order valence-electron chi connectivity index (χ1n) is 6.74. The molecule has 0 amide bonds. The van der Waals surface area contributed by atoms with Crippen LogP contribution in [-0.2, 0) is 17.8 Å². The maximum atomic E-state index is 5.65. The number of hydrogen-bond acceptors (Lipinski definition) is 5. The summed E-state index contributed by atoms with van der Waals surface area (Å²) in [5.74, 6) is 0.954. The Morgan fingerprint density at radius 2 is 2.28 bits per heavy atom. The standard InChI is InChI=1S/C13H23N3O2/c1-3-17-12-4-6-16(7-5-12)10-13-8-11(9-14-2)15-18-13/h8,12,14H,3-7,9-10H2,1-2H3. The van der Waals surface area contributed by atoms with E-state index in [2.05, 4.69) is 22.3 Å². The maximum Gasteiger partial charge on any atom is 0.151 e. The summed E-state index contributed by atoms with van der Waals surface area (Å²) in [6.07, 6.45) is 2.68. The Bertz CT molecular complexity index is 346. The van der Waals surface area contributed by atoms with Crippen molar-refractivity contribution in [3.8, 4) is 0 Å². The Balaban J connectivity index is 1.76. The maximum absolute atomic E-state index is 5.65. The molecule has 0 atom stereocenters. The molecule has 0 bridgehead atoms. The minimum Gasteiger partial charge on any atom is -0.378 e. The molecule has 1 aromatic heterocycles. The Hall–Kier alpha value is -0.910. The molecule has 1 saturated heterocycles. The third-order valence-electron chi connectivity index (χ3n) is 3.28. The van der Waals surface area contributed by atoms with E-state index < -0.39 is 0 Å². The van der Waals surface area contributed by atoms with E-state index >= 15 is 0 Å². The predicted octanol–water partition coefficient (Wildman–Crippen LogP) is 1.39. The number of aromatic nitrogens is 1. The third kappa shape index (κ3) is 3.80. The molecule has 5 nitrogen and oxygen atoms in total. The van der Waals surface area contributed by atoms with E-state index in [1.165, 1.54) is 0 Å². The van der Waals surface area contributed by atoms with Crippen LogP contribution in [0.1, 0.15) is 31.2 Å². The van der Waals surface area contributed by atoms with Gasteiger partial charge in [0.05, 0.1) is 18.3 Å². The van der Waals surface area contributed by atoms with Crippen LogP contribution in [0.5, 0.6) is 0 Å². The molecule has 5 heteroatoms. The number of hydrogen-bond donors (Lipinski definition) is 1. The van der Waals surface area contributed by atoms with Gasteiger partial charge in [-0.05, 0) is 26.8 Å². The second-order valence-corrected chi connectivity index (χ2v) is 4.75. The Kier molecular flexibility index (Phi) is 5.16. The van der Waals surface area contributed by atoms with Gasteiger partial charge in [-0.2, -0.15) is 0 Å². The fourth-order valence-electron chi connectivity index (χ4n) is 2.38. The lowest BCUT2D eigenvalue weighted by atomic mass is 10.1. The van der Waals surface area contributed by atoms with Crippen molar-refractivity contribution < 1.29 is 9.26 Å². The summed E-state index contributed by atoms with van der Waals surface area (Å²) in [5.41, 5.74) is 0.969. The van der Waals surface area contributed by atoms with Gasteiger partial charge in [0.15, 0.2) is 5.76 Å². The molecule has 2 heterocycles. The van der Waals surface area contributed by atoms with Crippen LogP contribution in [0.4, 0.5) is 0 Å². The highest BCUT2D eigenvalue weighted by molar-refractivity contribution is 5.05. The molecule has 1 aliphatic rings. The highest BCUT2D eigenvalue weighted by Gasteiger charge is 2.20. The van der Waals surface area contributed by atoms with Crippen LogP contribution < -0.4 is 5.32 Å². The number of rotatable bonds is 6. The molecule has 0 aromatic carbocycles. The van der Waals surface area contributed by atoms with Gasteiger partial charge in [-0.3, -0.25) is 4.90 Å². The van der Waals surface area contributed by atoms with Crippen LogP contribution in [0, 0.1) is 0 Å². The van der Waals surface area contributed by atoms with Crippen LogP contribution >= 0.6 is 0 Å². The van der Waals surface area contributed by atoms with E-state index in [0.717, 1.165) is 57.1 Å². The van der Waals surface area contributed by atoms with Crippen LogP contribution in [-0.4, -0.2) is 42.9 Å². The molecule has 1 aliphatic heterocycles. The first-order chi connectivity index (χ1) is 8.81. The zero-order valence-corrected chi connectivity index (χ0v) is 11.3. The van der Waals surface area contributed by atoms with E-state index in [-0.39, 0.29) is 0 Å². The SMILES string of the molecule is CCOC1CCN(Cc2cc(CNC)no2)CC1. The molecule has 0 saturated carbocycles. The van der Waals surface area contributed by atoms with Gasteiger partial charge in [0, 0.05) is 32.3 Å². The fourth-order valence-corrected chi connectivity index (χ4v) is 2.38. The van der Waals surface area contributed by atoms with Crippen molar-refractivity contribution in [3.05, 3.63) is 17.5 Å². The van der Waals surface area contributed by atoms with Gasteiger partial charge in [0.25, 0.3) is 0 Å². The zero-order valence-electron chi connectivity index (χ0n) is 11.3. The molecule has 0 spiro atoms. The summed E-state index contributed by atoms with van der Waals surface area (Å²) in [5, 5.41) is 7.10. The first-order valence-corrected chi connectivity index (χ1v) is 6.74. The molecular formula is C13H23N3O2. The highest BCUT2D eigenvalue weighted by atomic mass is 16.5. The summed E-state index contributed by atoms with van der Waals surface area (Å²) in [6.45, 7) is 6.65. The summed E-state index contributed by atoms with van der Waals surface area (Å²) < 4.78 is 11.0. The Labute approximate surface area is 108 Å². The van der Waals surface area contributed by atoms with Crippen LogP contribution in [0.15, 0.2) is 10.6 Å². The Morgan fingerprint density at radius 1 is 1.50 bits per heavy atom. The number of likely N-dealkylation sites (tertiary alicyclic amines) is 1. The van der Waals surface area contributed by atoms with Crippen LogP contribution in [0.3, 0.4) is 0 Å². The third-order valence-corrected chi connectivity index (χ3v) is 3.28. The molecule has 0 aliphatic carbocycles. The van der Waals surface area contributed by atoms with Crippen molar-refractivity contribution >= 4 is 0 Å². The van der Waals surface area contributed by atoms with E-state index in [1.807, 2.05) is 13.1 Å². The smallest absolute Gasteiger partial charge is 0.151 e. The molecule has 0 unspecified atom stereocenters. The van der Waals surface area contributed by atoms with Gasteiger partial charge in [-0.25, -0.2) is 0 Å². The van der Waals surface area contributed by atoms with Gasteiger partial charge >= 0.3 is 0 Å².